The third-order valence-corrected chi connectivity index (χ3v) is 2.99. The van der Waals surface area contributed by atoms with Crippen LogP contribution in [-0.2, 0) is 14.9 Å². The van der Waals surface area contributed by atoms with E-state index in [1.807, 2.05) is 37.3 Å². The van der Waals surface area contributed by atoms with Gasteiger partial charge in [-0.2, -0.15) is 0 Å². The number of hydrogen-bond donors (Lipinski definition) is 1. The summed E-state index contributed by atoms with van der Waals surface area (Å²) in [4.78, 5) is 11.2. The molecule has 0 aromatic heterocycles. The van der Waals surface area contributed by atoms with Gasteiger partial charge in [-0.1, -0.05) is 42.2 Å². The van der Waals surface area contributed by atoms with E-state index in [0.717, 1.165) is 5.56 Å². The van der Waals surface area contributed by atoms with Crippen LogP contribution in [0, 0.1) is 23.7 Å². The quantitative estimate of drug-likeness (QED) is 0.518. The summed E-state index contributed by atoms with van der Waals surface area (Å²) in [6.45, 7) is 1.83. The zero-order valence-corrected chi connectivity index (χ0v) is 11.8. The molecule has 0 bridgehead atoms. The number of carbonyl (C=O) groups excluding carboxylic acids is 1. The molecule has 1 atom stereocenters. The maximum absolute atomic E-state index is 11.2. The number of benzene rings is 1. The first kappa shape index (κ1) is 15.8. The Morgan fingerprint density at radius 2 is 2.00 bits per heavy atom. The largest absolute Gasteiger partial charge is 0.459 e. The summed E-state index contributed by atoms with van der Waals surface area (Å²) < 4.78 is 4.55. The first-order valence-corrected chi connectivity index (χ1v) is 6.35. The molecule has 1 rings (SSSR count). The third-order valence-electron chi connectivity index (χ3n) is 2.99. The molecule has 0 aliphatic carbocycles. The highest BCUT2D eigenvalue weighted by Gasteiger charge is 2.23. The van der Waals surface area contributed by atoms with Crippen LogP contribution >= 0.6 is 0 Å². The Hall–Kier alpha value is -2.23. The fraction of sp³-hybridized carbons (Fsp3) is 0.353. The molecule has 104 valence electrons. The van der Waals surface area contributed by atoms with E-state index in [1.165, 1.54) is 7.11 Å². The molecule has 1 aromatic rings. The van der Waals surface area contributed by atoms with E-state index in [0.29, 0.717) is 12.8 Å². The lowest BCUT2D eigenvalue weighted by Crippen LogP contribution is -2.20. The van der Waals surface area contributed by atoms with Gasteiger partial charge in [0, 0.05) is 12.3 Å². The lowest BCUT2D eigenvalue weighted by atomic mass is 9.79. The maximum Gasteiger partial charge on any atom is 0.384 e. The van der Waals surface area contributed by atoms with Crippen LogP contribution in [0.15, 0.2) is 30.3 Å². The molecule has 1 N–H and O–H groups in total. The Morgan fingerprint density at radius 1 is 1.30 bits per heavy atom. The summed E-state index contributed by atoms with van der Waals surface area (Å²) >= 11 is 0. The van der Waals surface area contributed by atoms with Gasteiger partial charge in [0.25, 0.3) is 0 Å². The molecule has 0 radical (unpaired) electrons. The Kier molecular flexibility index (Phi) is 6.37. The highest BCUT2D eigenvalue weighted by Crippen LogP contribution is 2.28. The number of rotatable bonds is 3. The average Bonchev–Trinajstić information content (AvgIpc) is 2.50. The van der Waals surface area contributed by atoms with Gasteiger partial charge in [-0.3, -0.25) is 0 Å². The second kappa shape index (κ2) is 8.04. The number of ether oxygens (including phenoxy) is 1. The summed E-state index contributed by atoms with van der Waals surface area (Å²) in [7, 11) is 1.31. The van der Waals surface area contributed by atoms with Gasteiger partial charge in [0.15, 0.2) is 0 Å². The van der Waals surface area contributed by atoms with Crippen molar-refractivity contribution < 1.29 is 14.6 Å². The topological polar surface area (TPSA) is 46.5 Å². The minimum absolute atomic E-state index is 0.143. The second-order valence-electron chi connectivity index (χ2n) is 4.45. The van der Waals surface area contributed by atoms with Gasteiger partial charge in [-0.05, 0) is 18.9 Å². The highest BCUT2D eigenvalue weighted by atomic mass is 16.5. The number of hydrogen-bond acceptors (Lipinski definition) is 3. The number of carbonyl (C=O) groups is 1. The fourth-order valence-corrected chi connectivity index (χ4v) is 1.78. The molecule has 0 aliphatic rings. The monoisotopic (exact) mass is 270 g/mol. The molecule has 0 saturated carbocycles. The predicted molar refractivity (Wildman–Crippen MR) is 77.7 cm³/mol. The standard InChI is InChI=1S/C17H18O3/c1-17(12-7-4-8-14-18,13-11-16(19)20-2)15-9-5-3-6-10-15/h3,5-6,9-10,18H,7,12,14H2,1-2H3. The maximum atomic E-state index is 11.2. The van der Waals surface area contributed by atoms with Gasteiger partial charge >= 0.3 is 5.97 Å². The summed E-state index contributed by atoms with van der Waals surface area (Å²) in [5.41, 5.74) is 0.557. The van der Waals surface area contributed by atoms with Crippen molar-refractivity contribution in [2.24, 2.45) is 0 Å². The molecule has 0 spiro atoms. The van der Waals surface area contributed by atoms with Crippen LogP contribution in [0.2, 0.25) is 0 Å². The van der Waals surface area contributed by atoms with Gasteiger partial charge in [0.05, 0.1) is 12.5 Å². The minimum Gasteiger partial charge on any atom is -0.459 e. The second-order valence-corrected chi connectivity index (χ2v) is 4.45. The Morgan fingerprint density at radius 3 is 2.60 bits per heavy atom. The van der Waals surface area contributed by atoms with Crippen molar-refractivity contribution in [1.82, 2.24) is 0 Å². The van der Waals surface area contributed by atoms with Crippen molar-refractivity contribution in [3.8, 4) is 23.7 Å². The summed E-state index contributed by atoms with van der Waals surface area (Å²) in [6, 6.07) is 9.76. The fourth-order valence-electron chi connectivity index (χ4n) is 1.78. The molecule has 3 nitrogen and oxygen atoms in total. The first-order valence-electron chi connectivity index (χ1n) is 6.35. The number of esters is 1. The Labute approximate surface area is 120 Å². The lowest BCUT2D eigenvalue weighted by Gasteiger charge is -2.23. The van der Waals surface area contributed by atoms with Crippen molar-refractivity contribution in [1.29, 1.82) is 0 Å². The van der Waals surface area contributed by atoms with Crippen LogP contribution in [0.25, 0.3) is 0 Å². The van der Waals surface area contributed by atoms with E-state index in [2.05, 4.69) is 28.4 Å². The van der Waals surface area contributed by atoms with Crippen LogP contribution < -0.4 is 0 Å². The molecular formula is C17H18O3. The number of aliphatic hydroxyl groups is 1. The van der Waals surface area contributed by atoms with E-state index < -0.39 is 11.4 Å². The summed E-state index contributed by atoms with van der Waals surface area (Å²) in [5, 5.41) is 8.66. The van der Waals surface area contributed by atoms with E-state index in [1.54, 1.807) is 0 Å². The molecule has 0 saturated heterocycles. The third kappa shape index (κ3) is 4.80. The molecule has 1 unspecified atom stereocenters. The SMILES string of the molecule is COC(=O)C#CC(C)(CCC#CCO)c1ccccc1. The number of aliphatic hydroxyl groups excluding tert-OH is 1. The van der Waals surface area contributed by atoms with Gasteiger partial charge in [0.1, 0.15) is 6.61 Å². The van der Waals surface area contributed by atoms with Crippen molar-refractivity contribution in [2.75, 3.05) is 13.7 Å². The van der Waals surface area contributed by atoms with Crippen molar-refractivity contribution in [3.63, 3.8) is 0 Å². The van der Waals surface area contributed by atoms with E-state index in [9.17, 15) is 4.79 Å². The molecule has 0 fully saturated rings. The predicted octanol–water partition coefficient (Wildman–Crippen LogP) is 1.90. The van der Waals surface area contributed by atoms with Gasteiger partial charge < -0.3 is 9.84 Å². The molecule has 0 amide bonds. The molecule has 0 heterocycles. The first-order chi connectivity index (χ1) is 9.62. The van der Waals surface area contributed by atoms with Crippen LogP contribution in [0.1, 0.15) is 25.3 Å². The lowest BCUT2D eigenvalue weighted by molar-refractivity contribution is -0.133. The van der Waals surface area contributed by atoms with Crippen LogP contribution in [-0.4, -0.2) is 24.8 Å². The Bertz CT molecular complexity index is 555. The molecule has 20 heavy (non-hydrogen) atoms. The van der Waals surface area contributed by atoms with E-state index in [-0.39, 0.29) is 6.61 Å². The molecule has 0 aliphatic heterocycles. The van der Waals surface area contributed by atoms with Crippen molar-refractivity contribution in [3.05, 3.63) is 35.9 Å². The van der Waals surface area contributed by atoms with Crippen LogP contribution in [0.3, 0.4) is 0 Å². The van der Waals surface area contributed by atoms with Gasteiger partial charge in [0.2, 0.25) is 0 Å². The van der Waals surface area contributed by atoms with E-state index in [4.69, 9.17) is 5.11 Å². The molecular weight excluding hydrogens is 252 g/mol. The molecule has 3 heteroatoms. The normalized spacial score (nSPS) is 12.2. The molecule has 1 aromatic carbocycles. The van der Waals surface area contributed by atoms with Gasteiger partial charge in [-0.25, -0.2) is 4.79 Å². The smallest absolute Gasteiger partial charge is 0.384 e. The van der Waals surface area contributed by atoms with Gasteiger partial charge in [-0.15, -0.1) is 5.92 Å². The highest BCUT2D eigenvalue weighted by molar-refractivity contribution is 5.88. The van der Waals surface area contributed by atoms with Crippen molar-refractivity contribution in [2.45, 2.75) is 25.2 Å². The zero-order valence-electron chi connectivity index (χ0n) is 11.8. The van der Waals surface area contributed by atoms with Crippen LogP contribution in [0.5, 0.6) is 0 Å². The average molecular weight is 270 g/mol. The summed E-state index contributed by atoms with van der Waals surface area (Å²) in [6.07, 6.45) is 1.27. The summed E-state index contributed by atoms with van der Waals surface area (Å²) in [5.74, 6) is 10.4. The van der Waals surface area contributed by atoms with Crippen LogP contribution in [0.4, 0.5) is 0 Å². The van der Waals surface area contributed by atoms with Crippen molar-refractivity contribution >= 4 is 5.97 Å². The Balaban J connectivity index is 2.99. The number of methoxy groups -OCH3 is 1. The van der Waals surface area contributed by atoms with E-state index >= 15 is 0 Å². The minimum atomic E-state index is -0.548. The zero-order chi connectivity index (χ0) is 14.8.